The molecular weight excluding hydrogens is 178 g/mol. The molecule has 2 aromatic heterocycles. The Morgan fingerprint density at radius 2 is 2.21 bits per heavy atom. The first kappa shape index (κ1) is 8.83. The highest BCUT2D eigenvalue weighted by molar-refractivity contribution is 5.90. The highest BCUT2D eigenvalue weighted by Gasteiger charge is 2.05. The lowest BCUT2D eigenvalue weighted by Gasteiger charge is -2.06. The molecule has 3 N–H and O–H groups in total. The van der Waals surface area contributed by atoms with Gasteiger partial charge in [0, 0.05) is 12.4 Å². The van der Waals surface area contributed by atoms with Crippen molar-refractivity contribution in [3.8, 4) is 0 Å². The average Bonchev–Trinajstić information content (AvgIpc) is 2.27. The molecule has 72 valence electrons. The summed E-state index contributed by atoms with van der Waals surface area (Å²) < 4.78 is 0. The molecule has 14 heavy (non-hydrogen) atoms. The molecular formula is C9H11N5. The molecule has 0 spiro atoms. The van der Waals surface area contributed by atoms with Crippen LogP contribution in [0.4, 0.5) is 5.82 Å². The minimum Gasteiger partial charge on any atom is -0.308 e. The Hall–Kier alpha value is -1.75. The van der Waals surface area contributed by atoms with Gasteiger partial charge in [-0.1, -0.05) is 6.92 Å². The summed E-state index contributed by atoms with van der Waals surface area (Å²) in [5, 5.41) is 0.856. The van der Waals surface area contributed by atoms with Crippen molar-refractivity contribution in [2.45, 2.75) is 13.3 Å². The number of hydrogen-bond donors (Lipinski definition) is 2. The summed E-state index contributed by atoms with van der Waals surface area (Å²) in [5.41, 5.74) is 4.54. The van der Waals surface area contributed by atoms with Gasteiger partial charge in [-0.15, -0.1) is 0 Å². The normalized spacial score (nSPS) is 10.4. The second-order valence-electron chi connectivity index (χ2n) is 2.91. The Morgan fingerprint density at radius 1 is 1.36 bits per heavy atom. The van der Waals surface area contributed by atoms with Crippen molar-refractivity contribution < 1.29 is 0 Å². The average molecular weight is 189 g/mol. The maximum Gasteiger partial charge on any atom is 0.150 e. The third-order valence-electron chi connectivity index (χ3n) is 2.14. The van der Waals surface area contributed by atoms with E-state index in [4.69, 9.17) is 5.84 Å². The Bertz CT molecular complexity index is 411. The van der Waals surface area contributed by atoms with Crippen molar-refractivity contribution >= 4 is 16.7 Å². The first-order valence-electron chi connectivity index (χ1n) is 4.41. The third kappa shape index (κ3) is 1.27. The first-order valence-corrected chi connectivity index (χ1v) is 4.41. The van der Waals surface area contributed by atoms with Crippen molar-refractivity contribution in [3.63, 3.8) is 0 Å². The van der Waals surface area contributed by atoms with Gasteiger partial charge in [0.05, 0.1) is 10.9 Å². The number of anilines is 1. The van der Waals surface area contributed by atoms with Gasteiger partial charge in [-0.05, 0) is 12.0 Å². The Balaban J connectivity index is 2.78. The number of nitrogens with one attached hydrogen (secondary N) is 1. The molecule has 2 heterocycles. The second-order valence-corrected chi connectivity index (χ2v) is 2.91. The fourth-order valence-electron chi connectivity index (χ4n) is 1.41. The van der Waals surface area contributed by atoms with E-state index in [1.165, 1.54) is 6.33 Å². The number of fused-ring (bicyclic) bond motifs is 1. The quantitative estimate of drug-likeness (QED) is 0.541. The fraction of sp³-hybridized carbons (Fsp3) is 0.222. The lowest BCUT2D eigenvalue weighted by Crippen LogP contribution is -2.09. The summed E-state index contributed by atoms with van der Waals surface area (Å²) in [4.78, 5) is 12.3. The molecule has 5 nitrogen and oxygen atoms in total. The van der Waals surface area contributed by atoms with Crippen LogP contribution in [0.25, 0.3) is 10.9 Å². The van der Waals surface area contributed by atoms with Crippen LogP contribution in [0.3, 0.4) is 0 Å². The van der Waals surface area contributed by atoms with Gasteiger partial charge in [0.25, 0.3) is 0 Å². The van der Waals surface area contributed by atoms with Gasteiger partial charge in [0.1, 0.15) is 6.33 Å². The Labute approximate surface area is 81.4 Å². The summed E-state index contributed by atoms with van der Waals surface area (Å²) in [6.07, 6.45) is 5.92. The van der Waals surface area contributed by atoms with Gasteiger partial charge in [0.15, 0.2) is 5.82 Å². The zero-order valence-corrected chi connectivity index (χ0v) is 7.86. The number of hydrazine groups is 1. The van der Waals surface area contributed by atoms with Crippen LogP contribution in [0.1, 0.15) is 12.5 Å². The third-order valence-corrected chi connectivity index (χ3v) is 2.14. The van der Waals surface area contributed by atoms with Gasteiger partial charge in [-0.25, -0.2) is 20.8 Å². The molecule has 0 aliphatic rings. The van der Waals surface area contributed by atoms with E-state index < -0.39 is 0 Å². The number of rotatable bonds is 2. The summed E-state index contributed by atoms with van der Waals surface area (Å²) in [7, 11) is 0. The van der Waals surface area contributed by atoms with Crippen LogP contribution in [0.5, 0.6) is 0 Å². The monoisotopic (exact) mass is 189 g/mol. The number of nitrogen functional groups attached to an aromatic ring is 1. The van der Waals surface area contributed by atoms with Crippen molar-refractivity contribution in [2.75, 3.05) is 5.43 Å². The smallest absolute Gasteiger partial charge is 0.150 e. The lowest BCUT2D eigenvalue weighted by molar-refractivity contribution is 1.09. The highest BCUT2D eigenvalue weighted by Crippen LogP contribution is 2.20. The molecule has 0 fully saturated rings. The van der Waals surface area contributed by atoms with Crippen LogP contribution in [-0.2, 0) is 6.42 Å². The van der Waals surface area contributed by atoms with Crippen LogP contribution in [-0.4, -0.2) is 15.0 Å². The van der Waals surface area contributed by atoms with Crippen molar-refractivity contribution in [1.82, 2.24) is 15.0 Å². The molecule has 0 amide bonds. The highest BCUT2D eigenvalue weighted by atomic mass is 15.2. The molecule has 0 aliphatic carbocycles. The maximum absolute atomic E-state index is 5.34. The number of nitrogens with zero attached hydrogens (tertiary/aromatic N) is 3. The SMILES string of the molecule is CCc1cnc(NN)c2cncnc12. The van der Waals surface area contributed by atoms with Gasteiger partial charge in [-0.3, -0.25) is 0 Å². The second kappa shape index (κ2) is 3.55. The summed E-state index contributed by atoms with van der Waals surface area (Å²) in [6, 6.07) is 0. The van der Waals surface area contributed by atoms with Crippen molar-refractivity contribution in [2.24, 2.45) is 5.84 Å². The Kier molecular flexibility index (Phi) is 2.24. The van der Waals surface area contributed by atoms with E-state index >= 15 is 0 Å². The first-order chi connectivity index (χ1) is 6.86. The molecule has 2 rings (SSSR count). The number of pyridine rings is 1. The molecule has 0 aliphatic heterocycles. The molecule has 2 aromatic rings. The van der Waals surface area contributed by atoms with Gasteiger partial charge < -0.3 is 5.43 Å². The van der Waals surface area contributed by atoms with E-state index in [9.17, 15) is 0 Å². The van der Waals surface area contributed by atoms with Crippen molar-refractivity contribution in [3.05, 3.63) is 24.3 Å². The predicted molar refractivity (Wildman–Crippen MR) is 54.5 cm³/mol. The van der Waals surface area contributed by atoms with E-state index in [-0.39, 0.29) is 0 Å². The van der Waals surface area contributed by atoms with E-state index in [2.05, 4.69) is 27.3 Å². The van der Waals surface area contributed by atoms with Crippen LogP contribution in [0.15, 0.2) is 18.7 Å². The van der Waals surface area contributed by atoms with Crippen molar-refractivity contribution in [1.29, 1.82) is 0 Å². The summed E-state index contributed by atoms with van der Waals surface area (Å²) in [5.74, 6) is 5.95. The molecule has 0 atom stereocenters. The van der Waals surface area contributed by atoms with E-state index in [1.807, 2.05) is 0 Å². The maximum atomic E-state index is 5.34. The molecule has 0 unspecified atom stereocenters. The predicted octanol–water partition coefficient (Wildman–Crippen LogP) is 0.873. The zero-order chi connectivity index (χ0) is 9.97. The molecule has 0 saturated carbocycles. The topological polar surface area (TPSA) is 76.7 Å². The van der Waals surface area contributed by atoms with Gasteiger partial charge in [-0.2, -0.15) is 0 Å². The van der Waals surface area contributed by atoms with E-state index in [1.54, 1.807) is 12.4 Å². The minimum absolute atomic E-state index is 0.609. The zero-order valence-electron chi connectivity index (χ0n) is 7.86. The van der Waals surface area contributed by atoms with Crippen LogP contribution in [0.2, 0.25) is 0 Å². The van der Waals surface area contributed by atoms with Gasteiger partial charge >= 0.3 is 0 Å². The van der Waals surface area contributed by atoms with Gasteiger partial charge in [0.2, 0.25) is 0 Å². The number of hydrogen-bond acceptors (Lipinski definition) is 5. The lowest BCUT2D eigenvalue weighted by atomic mass is 10.1. The van der Waals surface area contributed by atoms with E-state index in [0.717, 1.165) is 22.9 Å². The standard InChI is InChI=1S/C9H11N5/c1-2-6-3-12-9(14-10)7-4-11-5-13-8(6)7/h3-5H,2,10H2,1H3,(H,12,14). The fourth-order valence-corrected chi connectivity index (χ4v) is 1.41. The number of aryl methyl sites for hydroxylation is 1. The summed E-state index contributed by atoms with van der Waals surface area (Å²) in [6.45, 7) is 2.06. The number of nitrogens with two attached hydrogens (primary N) is 1. The number of aromatic nitrogens is 3. The molecule has 0 radical (unpaired) electrons. The van der Waals surface area contributed by atoms with Crippen LogP contribution >= 0.6 is 0 Å². The molecule has 0 bridgehead atoms. The summed E-state index contributed by atoms with van der Waals surface area (Å²) >= 11 is 0. The molecule has 0 saturated heterocycles. The minimum atomic E-state index is 0.609. The Morgan fingerprint density at radius 3 is 2.93 bits per heavy atom. The van der Waals surface area contributed by atoms with E-state index in [0.29, 0.717) is 5.82 Å². The van der Waals surface area contributed by atoms with Crippen LogP contribution < -0.4 is 11.3 Å². The molecule has 0 aromatic carbocycles. The largest absolute Gasteiger partial charge is 0.308 e. The van der Waals surface area contributed by atoms with Crippen LogP contribution in [0, 0.1) is 0 Å². The molecule has 5 heteroatoms.